The number of nitrogens with one attached hydrogen (secondary N) is 2. The SMILES string of the molecule is Cc1cnc(NN)nc1NCc1scnc1C. The Hall–Kier alpha value is -1.73. The number of aromatic nitrogens is 3. The Balaban J connectivity index is 2.11. The molecular formula is C10H14N6S. The fourth-order valence-corrected chi connectivity index (χ4v) is 2.07. The van der Waals surface area contributed by atoms with Gasteiger partial charge in [-0.15, -0.1) is 11.3 Å². The second kappa shape index (κ2) is 5.07. The smallest absolute Gasteiger partial charge is 0.239 e. The number of hydrazine groups is 1. The lowest BCUT2D eigenvalue weighted by atomic mass is 10.3. The second-order valence-corrected chi connectivity index (χ2v) is 4.52. The molecule has 2 heterocycles. The molecule has 6 nitrogen and oxygen atoms in total. The number of thiazole rings is 1. The summed E-state index contributed by atoms with van der Waals surface area (Å²) in [5, 5.41) is 3.25. The van der Waals surface area contributed by atoms with Crippen molar-refractivity contribution in [2.24, 2.45) is 5.84 Å². The van der Waals surface area contributed by atoms with Crippen LogP contribution in [0.4, 0.5) is 11.8 Å². The summed E-state index contributed by atoms with van der Waals surface area (Å²) in [6.45, 7) is 4.65. The van der Waals surface area contributed by atoms with Crippen molar-refractivity contribution in [2.45, 2.75) is 20.4 Å². The first-order valence-corrected chi connectivity index (χ1v) is 6.01. The van der Waals surface area contributed by atoms with Crippen molar-refractivity contribution in [2.75, 3.05) is 10.7 Å². The van der Waals surface area contributed by atoms with E-state index in [0.29, 0.717) is 12.5 Å². The van der Waals surface area contributed by atoms with E-state index in [1.807, 2.05) is 19.4 Å². The van der Waals surface area contributed by atoms with Gasteiger partial charge in [0.1, 0.15) is 5.82 Å². The summed E-state index contributed by atoms with van der Waals surface area (Å²) in [4.78, 5) is 13.7. The monoisotopic (exact) mass is 250 g/mol. The highest BCUT2D eigenvalue weighted by molar-refractivity contribution is 7.09. The molecule has 0 aliphatic rings. The number of anilines is 2. The van der Waals surface area contributed by atoms with Gasteiger partial charge < -0.3 is 5.32 Å². The van der Waals surface area contributed by atoms with E-state index in [2.05, 4.69) is 25.7 Å². The number of hydrogen-bond acceptors (Lipinski definition) is 7. The molecule has 0 radical (unpaired) electrons. The number of nitrogens with two attached hydrogens (primary N) is 1. The van der Waals surface area contributed by atoms with E-state index in [1.165, 1.54) is 4.88 Å². The topological polar surface area (TPSA) is 88.8 Å². The zero-order valence-corrected chi connectivity index (χ0v) is 10.5. The van der Waals surface area contributed by atoms with Gasteiger partial charge in [0, 0.05) is 16.6 Å². The van der Waals surface area contributed by atoms with Gasteiger partial charge >= 0.3 is 0 Å². The van der Waals surface area contributed by atoms with E-state index in [1.54, 1.807) is 17.5 Å². The zero-order valence-electron chi connectivity index (χ0n) is 9.69. The highest BCUT2D eigenvalue weighted by Crippen LogP contribution is 2.16. The summed E-state index contributed by atoms with van der Waals surface area (Å²) in [6, 6.07) is 0. The van der Waals surface area contributed by atoms with Crippen LogP contribution in [0.15, 0.2) is 11.7 Å². The Morgan fingerprint density at radius 1 is 1.35 bits per heavy atom. The van der Waals surface area contributed by atoms with Crippen LogP contribution in [-0.2, 0) is 6.54 Å². The summed E-state index contributed by atoms with van der Waals surface area (Å²) in [6.07, 6.45) is 1.73. The van der Waals surface area contributed by atoms with Gasteiger partial charge in [-0.3, -0.25) is 5.43 Å². The number of nitrogens with zero attached hydrogens (tertiary/aromatic N) is 3. The normalized spacial score (nSPS) is 10.3. The van der Waals surface area contributed by atoms with Gasteiger partial charge in [-0.2, -0.15) is 4.98 Å². The standard InChI is InChI=1S/C10H14N6S/c1-6-3-13-10(16-11)15-9(6)12-4-8-7(2)14-5-17-8/h3,5H,4,11H2,1-2H3,(H2,12,13,15,16). The van der Waals surface area contributed by atoms with E-state index >= 15 is 0 Å². The molecule has 0 fully saturated rings. The van der Waals surface area contributed by atoms with Crippen molar-refractivity contribution in [3.05, 3.63) is 27.8 Å². The maximum atomic E-state index is 5.27. The van der Waals surface area contributed by atoms with Crippen molar-refractivity contribution in [3.8, 4) is 0 Å². The molecule has 17 heavy (non-hydrogen) atoms. The zero-order chi connectivity index (χ0) is 12.3. The minimum Gasteiger partial charge on any atom is -0.365 e. The first-order valence-electron chi connectivity index (χ1n) is 5.14. The van der Waals surface area contributed by atoms with Gasteiger partial charge in [0.2, 0.25) is 5.95 Å². The molecule has 0 bridgehead atoms. The Morgan fingerprint density at radius 2 is 2.18 bits per heavy atom. The molecule has 2 aromatic heterocycles. The molecule has 0 saturated heterocycles. The third-order valence-corrected chi connectivity index (χ3v) is 3.30. The maximum absolute atomic E-state index is 5.27. The van der Waals surface area contributed by atoms with Crippen LogP contribution in [0.2, 0.25) is 0 Å². The Bertz CT molecular complexity index is 509. The summed E-state index contributed by atoms with van der Waals surface area (Å²) >= 11 is 1.63. The van der Waals surface area contributed by atoms with Crippen molar-refractivity contribution in [1.29, 1.82) is 0 Å². The maximum Gasteiger partial charge on any atom is 0.239 e. The van der Waals surface area contributed by atoms with Crippen LogP contribution in [-0.4, -0.2) is 15.0 Å². The van der Waals surface area contributed by atoms with Crippen LogP contribution in [0.25, 0.3) is 0 Å². The van der Waals surface area contributed by atoms with Crippen molar-refractivity contribution < 1.29 is 0 Å². The van der Waals surface area contributed by atoms with Crippen molar-refractivity contribution in [3.63, 3.8) is 0 Å². The molecule has 90 valence electrons. The fourth-order valence-electron chi connectivity index (χ4n) is 1.35. The van der Waals surface area contributed by atoms with Gasteiger partial charge in [0.15, 0.2) is 0 Å². The van der Waals surface area contributed by atoms with Crippen LogP contribution in [0, 0.1) is 13.8 Å². The summed E-state index contributed by atoms with van der Waals surface area (Å²) in [5.41, 5.74) is 6.29. The molecule has 0 saturated carbocycles. The minimum absolute atomic E-state index is 0.402. The number of hydrogen-bond donors (Lipinski definition) is 3. The number of nitrogen functional groups attached to an aromatic ring is 1. The Labute approximate surface area is 103 Å². The van der Waals surface area contributed by atoms with Gasteiger partial charge in [0.25, 0.3) is 0 Å². The van der Waals surface area contributed by atoms with Crippen molar-refractivity contribution >= 4 is 23.1 Å². The van der Waals surface area contributed by atoms with Gasteiger partial charge in [-0.1, -0.05) is 0 Å². The molecule has 2 aromatic rings. The van der Waals surface area contributed by atoms with E-state index < -0.39 is 0 Å². The summed E-state index contributed by atoms with van der Waals surface area (Å²) < 4.78 is 0. The van der Waals surface area contributed by atoms with Crippen LogP contribution in [0.5, 0.6) is 0 Å². The van der Waals surface area contributed by atoms with E-state index in [9.17, 15) is 0 Å². The molecule has 0 spiro atoms. The van der Waals surface area contributed by atoms with E-state index in [4.69, 9.17) is 5.84 Å². The first kappa shape index (κ1) is 11.7. The van der Waals surface area contributed by atoms with Gasteiger partial charge in [-0.25, -0.2) is 15.8 Å². The molecule has 0 amide bonds. The molecule has 0 aromatic carbocycles. The van der Waals surface area contributed by atoms with Crippen LogP contribution < -0.4 is 16.6 Å². The summed E-state index contributed by atoms with van der Waals surface area (Å²) in [7, 11) is 0. The number of aryl methyl sites for hydroxylation is 2. The average Bonchev–Trinajstić information content (AvgIpc) is 2.74. The third-order valence-electron chi connectivity index (χ3n) is 2.36. The minimum atomic E-state index is 0.402. The molecule has 4 N–H and O–H groups in total. The Kier molecular flexibility index (Phi) is 3.50. The van der Waals surface area contributed by atoms with E-state index in [0.717, 1.165) is 17.1 Å². The lowest BCUT2D eigenvalue weighted by molar-refractivity contribution is 1.04. The predicted molar refractivity (Wildman–Crippen MR) is 68.8 cm³/mol. The molecule has 0 aliphatic carbocycles. The largest absolute Gasteiger partial charge is 0.365 e. The molecule has 0 atom stereocenters. The summed E-state index contributed by atoms with van der Waals surface area (Å²) in [5.74, 6) is 6.45. The predicted octanol–water partition coefficient (Wildman–Crippen LogP) is 1.45. The van der Waals surface area contributed by atoms with Crippen LogP contribution >= 0.6 is 11.3 Å². The molecule has 7 heteroatoms. The molecule has 0 unspecified atom stereocenters. The molecule has 0 aliphatic heterocycles. The Morgan fingerprint density at radius 3 is 2.82 bits per heavy atom. The van der Waals surface area contributed by atoms with Crippen LogP contribution in [0.1, 0.15) is 16.1 Å². The fraction of sp³-hybridized carbons (Fsp3) is 0.300. The lowest BCUT2D eigenvalue weighted by Crippen LogP contribution is -2.12. The first-order chi connectivity index (χ1) is 8.20. The lowest BCUT2D eigenvalue weighted by Gasteiger charge is -2.08. The van der Waals surface area contributed by atoms with Gasteiger partial charge in [-0.05, 0) is 13.8 Å². The van der Waals surface area contributed by atoms with Crippen molar-refractivity contribution in [1.82, 2.24) is 15.0 Å². The van der Waals surface area contributed by atoms with E-state index in [-0.39, 0.29) is 0 Å². The highest BCUT2D eigenvalue weighted by atomic mass is 32.1. The molecular weight excluding hydrogens is 236 g/mol. The average molecular weight is 250 g/mol. The highest BCUT2D eigenvalue weighted by Gasteiger charge is 2.05. The quantitative estimate of drug-likeness (QED) is 0.562. The van der Waals surface area contributed by atoms with Gasteiger partial charge in [0.05, 0.1) is 17.7 Å². The second-order valence-electron chi connectivity index (χ2n) is 3.58. The third kappa shape index (κ3) is 2.69. The van der Waals surface area contributed by atoms with Crippen LogP contribution in [0.3, 0.4) is 0 Å². The molecule has 2 rings (SSSR count). The number of rotatable bonds is 4.